The summed E-state index contributed by atoms with van der Waals surface area (Å²) in [6.45, 7) is 4.02. The third kappa shape index (κ3) is 10.5. The first-order valence-electron chi connectivity index (χ1n) is 17.5. The van der Waals surface area contributed by atoms with Crippen LogP contribution in [0.2, 0.25) is 0 Å². The molecule has 288 valence electrons. The van der Waals surface area contributed by atoms with Crippen molar-refractivity contribution in [3.63, 3.8) is 0 Å². The maximum Gasteiger partial charge on any atom is 0.419 e. The summed E-state index contributed by atoms with van der Waals surface area (Å²) in [5.74, 6) is -4.31. The van der Waals surface area contributed by atoms with E-state index in [0.717, 1.165) is 44.4 Å². The van der Waals surface area contributed by atoms with Gasteiger partial charge in [0.15, 0.2) is 6.10 Å². The van der Waals surface area contributed by atoms with E-state index in [1.54, 1.807) is 20.8 Å². The first-order valence-corrected chi connectivity index (χ1v) is 16.5. The molecule has 0 aliphatic heterocycles. The SMILES string of the molecule is [2H]C([2H])(C/C=C/C(=O)N(C)C)C(OC(=O)N(C)C)C(=O)Nc1cccn(Cc2cc3cc(F)cc(OCc4ccc(F)cc4F)c3n2C(=O)OC(C)(C)C)c1=O. The molecule has 2 heterocycles. The van der Waals surface area contributed by atoms with Gasteiger partial charge in [-0.3, -0.25) is 14.4 Å². The largest absolute Gasteiger partial charge is 0.486 e. The van der Waals surface area contributed by atoms with Crippen molar-refractivity contribution in [1.82, 2.24) is 18.9 Å². The molecule has 0 spiro atoms. The number of amides is 3. The van der Waals surface area contributed by atoms with Gasteiger partial charge in [-0.15, -0.1) is 0 Å². The van der Waals surface area contributed by atoms with Crippen molar-refractivity contribution in [2.45, 2.75) is 58.4 Å². The molecule has 13 nitrogen and oxygen atoms in total. The fourth-order valence-corrected chi connectivity index (χ4v) is 4.88. The minimum absolute atomic E-state index is 0.0183. The van der Waals surface area contributed by atoms with Gasteiger partial charge >= 0.3 is 12.2 Å². The summed E-state index contributed by atoms with van der Waals surface area (Å²) in [4.78, 5) is 67.8. The van der Waals surface area contributed by atoms with Crippen molar-refractivity contribution in [3.05, 3.63) is 106 Å². The van der Waals surface area contributed by atoms with Crippen molar-refractivity contribution in [3.8, 4) is 5.75 Å². The first-order chi connectivity index (χ1) is 26.1. The third-order valence-electron chi connectivity index (χ3n) is 7.43. The summed E-state index contributed by atoms with van der Waals surface area (Å²) in [7, 11) is 5.63. The smallest absolute Gasteiger partial charge is 0.419 e. The molecular formula is C38H42F3N5O8. The highest BCUT2D eigenvalue weighted by Crippen LogP contribution is 2.33. The van der Waals surface area contributed by atoms with E-state index >= 15 is 0 Å². The van der Waals surface area contributed by atoms with Crippen LogP contribution in [0.5, 0.6) is 5.75 Å². The lowest BCUT2D eigenvalue weighted by atomic mass is 10.1. The molecule has 54 heavy (non-hydrogen) atoms. The fourth-order valence-electron chi connectivity index (χ4n) is 4.88. The van der Waals surface area contributed by atoms with Crippen molar-refractivity contribution < 1.29 is 49.3 Å². The van der Waals surface area contributed by atoms with Crippen LogP contribution >= 0.6 is 0 Å². The van der Waals surface area contributed by atoms with Crippen LogP contribution in [-0.2, 0) is 32.2 Å². The standard InChI is InChI=1S/C38H42F3N5O8/c1-38(2,3)54-37(51)46-27(18-24-17-26(40)20-31(33(24)46)52-22-23-14-15-25(39)19-28(23)41)21-45-16-10-11-29(35(45)49)42-34(48)30(53-36(50)44(6)7)12-8-9-13-32(47)43(4)5/h9-11,13-20,30H,8,12,21-22H2,1-7H3,(H,42,48)/b13-9+/i12D2. The normalized spacial score (nSPS) is 12.9. The highest BCUT2D eigenvalue weighted by atomic mass is 19.1. The van der Waals surface area contributed by atoms with Crippen LogP contribution in [-0.4, -0.2) is 82.8 Å². The summed E-state index contributed by atoms with van der Waals surface area (Å²) in [5, 5.41) is 2.47. The number of fused-ring (bicyclic) bond motifs is 1. The molecule has 0 aliphatic carbocycles. The number of allylic oxidation sites excluding steroid dienone is 1. The van der Waals surface area contributed by atoms with Gasteiger partial charge in [0.25, 0.3) is 11.5 Å². The summed E-state index contributed by atoms with van der Waals surface area (Å²) >= 11 is 0. The molecule has 0 radical (unpaired) electrons. The van der Waals surface area contributed by atoms with E-state index in [2.05, 4.69) is 5.32 Å². The molecular weight excluding hydrogens is 711 g/mol. The average Bonchev–Trinajstić information content (AvgIpc) is 3.45. The predicted molar refractivity (Wildman–Crippen MR) is 194 cm³/mol. The minimum atomic E-state index is -2.56. The molecule has 4 aromatic rings. The summed E-state index contributed by atoms with van der Waals surface area (Å²) < 4.78 is 78.8. The van der Waals surface area contributed by atoms with E-state index in [9.17, 15) is 37.1 Å². The Morgan fingerprint density at radius 2 is 1.70 bits per heavy atom. The zero-order chi connectivity index (χ0) is 41.7. The lowest BCUT2D eigenvalue weighted by Crippen LogP contribution is -2.37. The van der Waals surface area contributed by atoms with Crippen LogP contribution in [0.25, 0.3) is 10.9 Å². The second-order valence-corrected chi connectivity index (χ2v) is 13.4. The highest BCUT2D eigenvalue weighted by Gasteiger charge is 2.27. The van der Waals surface area contributed by atoms with E-state index in [4.69, 9.17) is 17.0 Å². The summed E-state index contributed by atoms with van der Waals surface area (Å²) in [5.41, 5.74) is -2.13. The number of hydrogen-bond acceptors (Lipinski definition) is 8. The number of halogens is 3. The molecule has 0 bridgehead atoms. The summed E-state index contributed by atoms with van der Waals surface area (Å²) in [6, 6.07) is 8.96. The maximum atomic E-state index is 14.9. The number of rotatable bonds is 12. The van der Waals surface area contributed by atoms with Crippen molar-refractivity contribution in [2.24, 2.45) is 0 Å². The number of ether oxygens (including phenoxy) is 3. The number of pyridine rings is 1. The van der Waals surface area contributed by atoms with Crippen molar-refractivity contribution >= 4 is 40.6 Å². The van der Waals surface area contributed by atoms with Gasteiger partial charge in [-0.2, -0.15) is 0 Å². The number of carbonyl (C=O) groups is 4. The molecule has 16 heteroatoms. The van der Waals surface area contributed by atoms with Gasteiger partial charge in [0.05, 0.1) is 12.2 Å². The molecule has 0 fully saturated rings. The van der Waals surface area contributed by atoms with E-state index in [1.165, 1.54) is 63.6 Å². The van der Waals surface area contributed by atoms with E-state index in [-0.39, 0.29) is 40.1 Å². The van der Waals surface area contributed by atoms with Gasteiger partial charge in [0.2, 0.25) is 5.91 Å². The van der Waals surface area contributed by atoms with Crippen LogP contribution in [0.3, 0.4) is 0 Å². The zero-order valence-electron chi connectivity index (χ0n) is 32.7. The predicted octanol–water partition coefficient (Wildman–Crippen LogP) is 6.06. The van der Waals surface area contributed by atoms with Crippen molar-refractivity contribution in [2.75, 3.05) is 33.5 Å². The molecule has 4 rings (SSSR count). The average molecular weight is 756 g/mol. The van der Waals surface area contributed by atoms with Gasteiger partial charge in [0.1, 0.15) is 46.6 Å². The van der Waals surface area contributed by atoms with Gasteiger partial charge in [-0.25, -0.2) is 27.3 Å². The van der Waals surface area contributed by atoms with Gasteiger partial charge < -0.3 is 33.9 Å². The Morgan fingerprint density at radius 3 is 2.35 bits per heavy atom. The number of hydrogen-bond donors (Lipinski definition) is 1. The molecule has 1 N–H and O–H groups in total. The Morgan fingerprint density at radius 1 is 0.981 bits per heavy atom. The Kier molecular flexibility index (Phi) is 12.0. The number of anilines is 1. The van der Waals surface area contributed by atoms with Crippen LogP contribution < -0.4 is 15.6 Å². The van der Waals surface area contributed by atoms with E-state index < -0.39 is 78.1 Å². The second-order valence-electron chi connectivity index (χ2n) is 13.4. The number of benzene rings is 2. The fraction of sp³-hybridized carbons (Fsp3) is 0.342. The number of likely N-dealkylation sites (N-methyl/N-ethyl adjacent to an activating group) is 1. The maximum absolute atomic E-state index is 14.9. The molecule has 0 saturated carbocycles. The number of carbonyl (C=O) groups excluding carboxylic acids is 4. The molecule has 0 aliphatic rings. The number of nitrogens with one attached hydrogen (secondary N) is 1. The molecule has 1 atom stereocenters. The van der Waals surface area contributed by atoms with E-state index in [0.29, 0.717) is 6.07 Å². The summed E-state index contributed by atoms with van der Waals surface area (Å²) in [6.07, 6.45) is -3.53. The topological polar surface area (TPSA) is 141 Å². The van der Waals surface area contributed by atoms with Crippen LogP contribution in [0, 0.1) is 17.5 Å². The molecule has 2 aromatic carbocycles. The van der Waals surface area contributed by atoms with Crippen molar-refractivity contribution in [1.29, 1.82) is 0 Å². The van der Waals surface area contributed by atoms with E-state index in [1.807, 2.05) is 0 Å². The van der Waals surface area contributed by atoms with Gasteiger partial charge in [0, 0.05) is 60.2 Å². The molecule has 3 amide bonds. The van der Waals surface area contributed by atoms with Gasteiger partial charge in [-0.1, -0.05) is 6.08 Å². The lowest BCUT2D eigenvalue weighted by molar-refractivity contribution is -0.125. The zero-order valence-corrected chi connectivity index (χ0v) is 30.7. The Labute approximate surface area is 312 Å². The third-order valence-corrected chi connectivity index (χ3v) is 7.43. The van der Waals surface area contributed by atoms with Crippen LogP contribution in [0.1, 0.15) is 47.6 Å². The molecule has 0 saturated heterocycles. The quantitative estimate of drug-likeness (QED) is 0.172. The highest BCUT2D eigenvalue weighted by molar-refractivity contribution is 5.96. The Bertz CT molecular complexity index is 2230. The molecule has 2 aromatic heterocycles. The number of aromatic nitrogens is 2. The van der Waals surface area contributed by atoms with Gasteiger partial charge in [-0.05, 0) is 76.0 Å². The second kappa shape index (κ2) is 17.2. The minimum Gasteiger partial charge on any atom is -0.486 e. The van der Waals surface area contributed by atoms with Crippen LogP contribution in [0.4, 0.5) is 28.4 Å². The Hall–Kier alpha value is -6.06. The Balaban J connectivity index is 1.73. The lowest BCUT2D eigenvalue weighted by Gasteiger charge is -2.22. The van der Waals surface area contributed by atoms with Crippen LogP contribution in [0.15, 0.2) is 71.7 Å². The first kappa shape index (κ1) is 37.7. The monoisotopic (exact) mass is 755 g/mol. The molecule has 1 unspecified atom stereocenters. The number of nitrogens with zero attached hydrogens (tertiary/aromatic N) is 4.